The average molecular weight is 310 g/mol. The van der Waals surface area contributed by atoms with Crippen LogP contribution in [0.3, 0.4) is 0 Å². The van der Waals surface area contributed by atoms with Gasteiger partial charge in [0.2, 0.25) is 5.91 Å². The van der Waals surface area contributed by atoms with Crippen LogP contribution in [0, 0.1) is 5.92 Å². The van der Waals surface area contributed by atoms with Gasteiger partial charge in [-0.05, 0) is 31.2 Å². The van der Waals surface area contributed by atoms with Gasteiger partial charge >= 0.3 is 0 Å². The van der Waals surface area contributed by atoms with Gasteiger partial charge in [0.05, 0.1) is 0 Å². The first kappa shape index (κ1) is 13.6. The van der Waals surface area contributed by atoms with Crippen LogP contribution in [0.1, 0.15) is 38.2 Å². The Hall–Kier alpha value is -0.830. The zero-order valence-corrected chi connectivity index (χ0v) is 12.5. The molecule has 1 aromatic rings. The maximum Gasteiger partial charge on any atom is 0.223 e. The van der Waals surface area contributed by atoms with E-state index in [-0.39, 0.29) is 17.9 Å². The predicted octanol–water partition coefficient (Wildman–Crippen LogP) is 3.47. The van der Waals surface area contributed by atoms with E-state index in [2.05, 4.69) is 47.2 Å². The largest absolute Gasteiger partial charge is 0.353 e. The lowest BCUT2D eigenvalue weighted by Crippen LogP contribution is -2.35. The quantitative estimate of drug-likeness (QED) is 0.829. The van der Waals surface area contributed by atoms with Crippen molar-refractivity contribution < 1.29 is 4.79 Å². The fraction of sp³-hybridized carbons (Fsp3) is 0.533. The van der Waals surface area contributed by atoms with Crippen molar-refractivity contribution in [1.82, 2.24) is 5.32 Å². The van der Waals surface area contributed by atoms with E-state index in [0.29, 0.717) is 10.7 Å². The van der Waals surface area contributed by atoms with Crippen LogP contribution in [-0.4, -0.2) is 16.8 Å². The third-order valence-corrected chi connectivity index (χ3v) is 3.80. The first-order valence-corrected chi connectivity index (χ1v) is 7.49. The zero-order valence-electron chi connectivity index (χ0n) is 10.9. The Kier molecular flexibility index (Phi) is 4.44. The number of benzene rings is 1. The summed E-state index contributed by atoms with van der Waals surface area (Å²) >= 11 is 3.51. The van der Waals surface area contributed by atoms with E-state index in [1.807, 2.05) is 18.2 Å². The highest BCUT2D eigenvalue weighted by Crippen LogP contribution is 2.47. The van der Waals surface area contributed by atoms with Crippen LogP contribution in [0.25, 0.3) is 0 Å². The SMILES string of the molecule is CC(Br)CC(C)NC(=O)C1CC1c1ccccc1. The number of hydrogen-bond acceptors (Lipinski definition) is 1. The molecule has 2 rings (SSSR count). The molecule has 4 atom stereocenters. The lowest BCUT2D eigenvalue weighted by atomic mass is 10.1. The summed E-state index contributed by atoms with van der Waals surface area (Å²) in [5.41, 5.74) is 1.29. The monoisotopic (exact) mass is 309 g/mol. The second-order valence-corrected chi connectivity index (χ2v) is 6.85. The summed E-state index contributed by atoms with van der Waals surface area (Å²) in [6.07, 6.45) is 1.96. The van der Waals surface area contributed by atoms with Crippen LogP contribution in [-0.2, 0) is 4.79 Å². The van der Waals surface area contributed by atoms with E-state index < -0.39 is 0 Å². The van der Waals surface area contributed by atoms with Crippen molar-refractivity contribution in [3.63, 3.8) is 0 Å². The normalized spacial score (nSPS) is 25.3. The molecule has 1 aromatic carbocycles. The fourth-order valence-corrected chi connectivity index (χ4v) is 3.01. The fourth-order valence-electron chi connectivity index (χ4n) is 2.45. The molecule has 0 aromatic heterocycles. The second kappa shape index (κ2) is 5.87. The van der Waals surface area contributed by atoms with Crippen LogP contribution in [0.4, 0.5) is 0 Å². The van der Waals surface area contributed by atoms with Crippen molar-refractivity contribution in [2.45, 2.75) is 43.5 Å². The Bertz CT molecular complexity index is 404. The topological polar surface area (TPSA) is 29.1 Å². The lowest BCUT2D eigenvalue weighted by Gasteiger charge is -2.15. The number of carbonyl (C=O) groups is 1. The minimum absolute atomic E-state index is 0.181. The van der Waals surface area contributed by atoms with Crippen molar-refractivity contribution in [1.29, 1.82) is 0 Å². The Labute approximate surface area is 117 Å². The van der Waals surface area contributed by atoms with Gasteiger partial charge in [0, 0.05) is 16.8 Å². The van der Waals surface area contributed by atoms with E-state index in [1.165, 1.54) is 5.56 Å². The van der Waals surface area contributed by atoms with Crippen molar-refractivity contribution in [2.24, 2.45) is 5.92 Å². The van der Waals surface area contributed by atoms with Gasteiger partial charge in [0.25, 0.3) is 0 Å². The van der Waals surface area contributed by atoms with Gasteiger partial charge in [-0.3, -0.25) is 4.79 Å². The Morgan fingerprint density at radius 1 is 1.39 bits per heavy atom. The van der Waals surface area contributed by atoms with Crippen molar-refractivity contribution in [3.05, 3.63) is 35.9 Å². The molecule has 18 heavy (non-hydrogen) atoms. The molecule has 4 unspecified atom stereocenters. The summed E-state index contributed by atoms with van der Waals surface area (Å²) in [6, 6.07) is 10.6. The maximum atomic E-state index is 12.1. The van der Waals surface area contributed by atoms with Gasteiger partial charge in [-0.1, -0.05) is 53.2 Å². The third kappa shape index (κ3) is 3.58. The minimum Gasteiger partial charge on any atom is -0.353 e. The van der Waals surface area contributed by atoms with Crippen LogP contribution in [0.5, 0.6) is 0 Å². The molecule has 1 aliphatic carbocycles. The number of hydrogen-bond donors (Lipinski definition) is 1. The summed E-state index contributed by atoms with van der Waals surface area (Å²) in [5, 5.41) is 3.10. The van der Waals surface area contributed by atoms with Crippen LogP contribution < -0.4 is 5.32 Å². The molecular weight excluding hydrogens is 290 g/mol. The predicted molar refractivity (Wildman–Crippen MR) is 77.9 cm³/mol. The van der Waals surface area contributed by atoms with Crippen LogP contribution in [0.15, 0.2) is 30.3 Å². The van der Waals surface area contributed by atoms with Gasteiger partial charge in [-0.25, -0.2) is 0 Å². The molecule has 1 fully saturated rings. The smallest absolute Gasteiger partial charge is 0.223 e. The number of alkyl halides is 1. The van der Waals surface area contributed by atoms with E-state index in [0.717, 1.165) is 12.8 Å². The molecule has 98 valence electrons. The highest BCUT2D eigenvalue weighted by atomic mass is 79.9. The molecule has 0 saturated heterocycles. The molecule has 1 saturated carbocycles. The minimum atomic E-state index is 0.181. The van der Waals surface area contributed by atoms with Gasteiger partial charge in [-0.15, -0.1) is 0 Å². The molecule has 2 nitrogen and oxygen atoms in total. The Morgan fingerprint density at radius 2 is 2.06 bits per heavy atom. The molecular formula is C15H20BrNO. The van der Waals surface area contributed by atoms with Gasteiger partial charge in [0.1, 0.15) is 0 Å². The molecule has 0 bridgehead atoms. The number of nitrogens with one attached hydrogen (secondary N) is 1. The summed E-state index contributed by atoms with van der Waals surface area (Å²) < 4.78 is 0. The van der Waals surface area contributed by atoms with Gasteiger partial charge in [0.15, 0.2) is 0 Å². The first-order valence-electron chi connectivity index (χ1n) is 6.57. The van der Waals surface area contributed by atoms with Crippen molar-refractivity contribution >= 4 is 21.8 Å². The van der Waals surface area contributed by atoms with Gasteiger partial charge in [-0.2, -0.15) is 0 Å². The van der Waals surface area contributed by atoms with Crippen molar-refractivity contribution in [3.8, 4) is 0 Å². The highest BCUT2D eigenvalue weighted by molar-refractivity contribution is 9.09. The number of carbonyl (C=O) groups excluding carboxylic acids is 1. The van der Waals surface area contributed by atoms with E-state index in [4.69, 9.17) is 0 Å². The van der Waals surface area contributed by atoms with E-state index in [9.17, 15) is 4.79 Å². The van der Waals surface area contributed by atoms with E-state index in [1.54, 1.807) is 0 Å². The highest BCUT2D eigenvalue weighted by Gasteiger charge is 2.43. The third-order valence-electron chi connectivity index (χ3n) is 3.42. The van der Waals surface area contributed by atoms with Gasteiger partial charge < -0.3 is 5.32 Å². The Morgan fingerprint density at radius 3 is 2.67 bits per heavy atom. The lowest BCUT2D eigenvalue weighted by molar-refractivity contribution is -0.123. The summed E-state index contributed by atoms with van der Waals surface area (Å²) in [7, 11) is 0. The second-order valence-electron chi connectivity index (χ2n) is 5.29. The standard InChI is InChI=1S/C15H20BrNO/c1-10(16)8-11(2)17-15(18)14-9-13(14)12-6-4-3-5-7-12/h3-7,10-11,13-14H,8-9H2,1-2H3,(H,17,18). The summed E-state index contributed by atoms with van der Waals surface area (Å²) in [6.45, 7) is 4.17. The number of halogens is 1. The first-order chi connectivity index (χ1) is 8.58. The van der Waals surface area contributed by atoms with E-state index >= 15 is 0 Å². The summed E-state index contributed by atoms with van der Waals surface area (Å²) in [5.74, 6) is 0.824. The molecule has 1 amide bonds. The molecule has 1 aliphatic rings. The number of amides is 1. The maximum absolute atomic E-state index is 12.1. The zero-order chi connectivity index (χ0) is 13.1. The number of rotatable bonds is 5. The average Bonchev–Trinajstić information content (AvgIpc) is 3.08. The molecule has 0 aliphatic heterocycles. The van der Waals surface area contributed by atoms with Crippen LogP contribution in [0.2, 0.25) is 0 Å². The molecule has 0 spiro atoms. The molecule has 0 heterocycles. The van der Waals surface area contributed by atoms with Crippen LogP contribution >= 0.6 is 15.9 Å². The Balaban J connectivity index is 1.83. The summed E-state index contributed by atoms with van der Waals surface area (Å²) in [4.78, 5) is 12.5. The molecule has 3 heteroatoms. The molecule has 0 radical (unpaired) electrons. The van der Waals surface area contributed by atoms with Crippen molar-refractivity contribution in [2.75, 3.05) is 0 Å². The molecule has 1 N–H and O–H groups in total.